The van der Waals surface area contributed by atoms with Gasteiger partial charge in [0.1, 0.15) is 6.17 Å². The molecule has 21 heavy (non-hydrogen) atoms. The van der Waals surface area contributed by atoms with E-state index in [9.17, 15) is 9.18 Å². The van der Waals surface area contributed by atoms with E-state index < -0.39 is 11.8 Å². The summed E-state index contributed by atoms with van der Waals surface area (Å²) in [6, 6.07) is 0. The normalized spacial score (nSPS) is 12.3. The Balaban J connectivity index is -0.000000432. The maximum absolute atomic E-state index is 13.8. The van der Waals surface area contributed by atoms with Gasteiger partial charge in [-0.05, 0) is 33.2 Å². The van der Waals surface area contributed by atoms with Crippen molar-refractivity contribution in [1.29, 1.82) is 0 Å². The Morgan fingerprint density at radius 3 is 2.38 bits per heavy atom. The van der Waals surface area contributed by atoms with Crippen molar-refractivity contribution in [2.75, 3.05) is 32.9 Å². The van der Waals surface area contributed by atoms with Crippen LogP contribution in [0.25, 0.3) is 0 Å². The SMILES string of the molecule is CC.CC(=O)NCC(F)C(C)(C)OCCCOCCCN.[HH].[HH]. The Labute approximate surface area is 131 Å². The minimum Gasteiger partial charge on any atom is -0.381 e. The number of nitrogens with one attached hydrogen (secondary N) is 1. The highest BCUT2D eigenvalue weighted by molar-refractivity contribution is 5.72. The van der Waals surface area contributed by atoms with Gasteiger partial charge in [-0.25, -0.2) is 4.39 Å². The average molecular weight is 312 g/mol. The van der Waals surface area contributed by atoms with Gasteiger partial charge < -0.3 is 20.5 Å². The third-order valence-corrected chi connectivity index (χ3v) is 2.68. The van der Waals surface area contributed by atoms with Crippen LogP contribution >= 0.6 is 0 Å². The molecule has 132 valence electrons. The molecule has 5 nitrogen and oxygen atoms in total. The van der Waals surface area contributed by atoms with Crippen molar-refractivity contribution in [1.82, 2.24) is 5.32 Å². The van der Waals surface area contributed by atoms with Crippen LogP contribution in [-0.4, -0.2) is 50.6 Å². The summed E-state index contributed by atoms with van der Waals surface area (Å²) in [5, 5.41) is 2.45. The van der Waals surface area contributed by atoms with E-state index in [0.29, 0.717) is 32.8 Å². The fourth-order valence-corrected chi connectivity index (χ4v) is 1.35. The molecular formula is C15H37FN2O3. The smallest absolute Gasteiger partial charge is 0.216 e. The summed E-state index contributed by atoms with van der Waals surface area (Å²) in [7, 11) is 0. The molecule has 0 fully saturated rings. The highest BCUT2D eigenvalue weighted by Crippen LogP contribution is 2.18. The highest BCUT2D eigenvalue weighted by Gasteiger charge is 2.30. The van der Waals surface area contributed by atoms with E-state index in [1.54, 1.807) is 13.8 Å². The van der Waals surface area contributed by atoms with E-state index in [1.807, 2.05) is 13.8 Å². The number of nitrogens with two attached hydrogens (primary N) is 1. The predicted octanol–water partition coefficient (Wildman–Crippen LogP) is 2.53. The Morgan fingerprint density at radius 1 is 1.29 bits per heavy atom. The molecule has 0 aromatic carbocycles. The molecule has 0 saturated carbocycles. The van der Waals surface area contributed by atoms with Crippen LogP contribution in [0.1, 0.15) is 50.3 Å². The molecule has 0 aromatic rings. The number of hydrogen-bond donors (Lipinski definition) is 2. The first-order chi connectivity index (χ1) is 9.90. The van der Waals surface area contributed by atoms with Crippen LogP contribution in [-0.2, 0) is 14.3 Å². The molecule has 0 radical (unpaired) electrons. The summed E-state index contributed by atoms with van der Waals surface area (Å²) in [5.74, 6) is -0.244. The Hall–Kier alpha value is -0.720. The van der Waals surface area contributed by atoms with Crippen LogP contribution < -0.4 is 11.1 Å². The molecular weight excluding hydrogens is 275 g/mol. The molecule has 0 heterocycles. The number of carbonyl (C=O) groups excluding carboxylic acids is 1. The van der Waals surface area contributed by atoms with E-state index in [-0.39, 0.29) is 15.3 Å². The zero-order valence-corrected chi connectivity index (χ0v) is 14.2. The number of amides is 1. The van der Waals surface area contributed by atoms with Gasteiger partial charge in [0.05, 0.1) is 12.1 Å². The molecule has 0 spiro atoms. The number of hydrogen-bond acceptors (Lipinski definition) is 4. The van der Waals surface area contributed by atoms with Crippen LogP contribution in [0.3, 0.4) is 0 Å². The maximum Gasteiger partial charge on any atom is 0.216 e. The fraction of sp³-hybridized carbons (Fsp3) is 0.933. The van der Waals surface area contributed by atoms with Crippen molar-refractivity contribution in [2.24, 2.45) is 5.73 Å². The Bertz CT molecular complexity index is 261. The maximum atomic E-state index is 13.8. The van der Waals surface area contributed by atoms with Crippen LogP contribution in [0.5, 0.6) is 0 Å². The second kappa shape index (κ2) is 14.2. The summed E-state index contributed by atoms with van der Waals surface area (Å²) in [6.07, 6.45) is 0.311. The Kier molecular flexibility index (Phi) is 15.3. The van der Waals surface area contributed by atoms with E-state index in [1.165, 1.54) is 6.92 Å². The van der Waals surface area contributed by atoms with Crippen molar-refractivity contribution in [3.8, 4) is 0 Å². The predicted molar refractivity (Wildman–Crippen MR) is 88.3 cm³/mol. The lowest BCUT2D eigenvalue weighted by Crippen LogP contribution is -2.43. The molecule has 0 aliphatic rings. The summed E-state index contributed by atoms with van der Waals surface area (Å²) in [5.41, 5.74) is 4.42. The third kappa shape index (κ3) is 14.0. The minimum atomic E-state index is -1.24. The second-order valence-electron chi connectivity index (χ2n) is 4.96. The number of halogens is 1. The average Bonchev–Trinajstić information content (AvgIpc) is 2.45. The van der Waals surface area contributed by atoms with Crippen LogP contribution in [0.15, 0.2) is 0 Å². The van der Waals surface area contributed by atoms with Crippen LogP contribution in [0, 0.1) is 0 Å². The summed E-state index contributed by atoms with van der Waals surface area (Å²) < 4.78 is 24.6. The molecule has 6 heteroatoms. The topological polar surface area (TPSA) is 73.6 Å². The molecule has 3 N–H and O–H groups in total. The van der Waals surface area contributed by atoms with E-state index in [2.05, 4.69) is 5.32 Å². The molecule has 0 aliphatic carbocycles. The molecule has 0 saturated heterocycles. The fourth-order valence-electron chi connectivity index (χ4n) is 1.35. The molecule has 0 aromatic heterocycles. The lowest BCUT2D eigenvalue weighted by atomic mass is 10.0. The van der Waals surface area contributed by atoms with Crippen LogP contribution in [0.4, 0.5) is 4.39 Å². The van der Waals surface area contributed by atoms with Gasteiger partial charge in [0.2, 0.25) is 5.91 Å². The zero-order chi connectivity index (χ0) is 16.7. The summed E-state index contributed by atoms with van der Waals surface area (Å²) in [4.78, 5) is 10.7. The van der Waals surface area contributed by atoms with E-state index >= 15 is 0 Å². The van der Waals surface area contributed by atoms with Gasteiger partial charge in [0, 0.05) is 29.6 Å². The number of alkyl halides is 1. The molecule has 1 amide bonds. The zero-order valence-electron chi connectivity index (χ0n) is 14.2. The number of carbonyl (C=O) groups is 1. The van der Waals surface area contributed by atoms with Gasteiger partial charge >= 0.3 is 0 Å². The number of ether oxygens (including phenoxy) is 2. The quantitative estimate of drug-likeness (QED) is 0.575. The Morgan fingerprint density at radius 2 is 1.86 bits per heavy atom. The summed E-state index contributed by atoms with van der Waals surface area (Å²) in [6.45, 7) is 11.0. The van der Waals surface area contributed by atoms with Gasteiger partial charge in [-0.1, -0.05) is 13.8 Å². The van der Waals surface area contributed by atoms with Crippen molar-refractivity contribution in [3.05, 3.63) is 0 Å². The monoisotopic (exact) mass is 312 g/mol. The highest BCUT2D eigenvalue weighted by atomic mass is 19.1. The third-order valence-electron chi connectivity index (χ3n) is 2.68. The lowest BCUT2D eigenvalue weighted by Gasteiger charge is -2.29. The van der Waals surface area contributed by atoms with Gasteiger partial charge in [-0.15, -0.1) is 0 Å². The number of rotatable bonds is 11. The molecule has 0 rings (SSSR count). The minimum absolute atomic E-state index is 0. The van der Waals surface area contributed by atoms with Crippen molar-refractivity contribution in [2.45, 2.75) is 59.2 Å². The van der Waals surface area contributed by atoms with Crippen molar-refractivity contribution in [3.63, 3.8) is 0 Å². The first kappa shape index (κ1) is 22.6. The molecule has 0 bridgehead atoms. The van der Waals surface area contributed by atoms with Gasteiger partial charge in [0.25, 0.3) is 0 Å². The van der Waals surface area contributed by atoms with E-state index in [0.717, 1.165) is 6.42 Å². The molecule has 0 aliphatic heterocycles. The van der Waals surface area contributed by atoms with Crippen molar-refractivity contribution < 1.29 is 21.5 Å². The van der Waals surface area contributed by atoms with Crippen LogP contribution in [0.2, 0.25) is 0 Å². The molecule has 1 unspecified atom stereocenters. The lowest BCUT2D eigenvalue weighted by molar-refractivity contribution is -0.120. The second-order valence-corrected chi connectivity index (χ2v) is 4.96. The standard InChI is InChI=1S/C13H27FN2O3.C2H6.2H2/c1-11(17)16-10-12(14)13(2,3)19-9-5-8-18-7-4-6-15;1-2;;/h12H,4-10,15H2,1-3H3,(H,16,17);1-2H3;2*1H. The summed E-state index contributed by atoms with van der Waals surface area (Å²) >= 11 is 0. The first-order valence-electron chi connectivity index (χ1n) is 7.70. The largest absolute Gasteiger partial charge is 0.381 e. The first-order valence-corrected chi connectivity index (χ1v) is 7.70. The van der Waals surface area contributed by atoms with Crippen molar-refractivity contribution >= 4 is 5.91 Å². The molecule has 1 atom stereocenters. The van der Waals surface area contributed by atoms with Gasteiger partial charge in [-0.2, -0.15) is 0 Å². The van der Waals surface area contributed by atoms with Gasteiger partial charge in [0.15, 0.2) is 0 Å². The van der Waals surface area contributed by atoms with E-state index in [4.69, 9.17) is 15.2 Å². The van der Waals surface area contributed by atoms with Gasteiger partial charge in [-0.3, -0.25) is 4.79 Å².